The Morgan fingerprint density at radius 2 is 1.76 bits per heavy atom. The topological polar surface area (TPSA) is 119 Å². The standard InChI is InChI=1S/C32H36N4O6/c1-40-25-16-13-22(14-17-25)31(32(39)34-23-8-3-2-4-9-23)36(24-15-18-26-27(20-24)42-21-41-26)30(38)12-7-11-29(37)35-28-10-5-6-19-33-28/h5-6,10,13-20,23,31H,2-4,7-9,11-12,21H2,1H3,(H,34,39)(H,33,35,37)/t31-/m1/s1. The smallest absolute Gasteiger partial charge is 0.248 e. The van der Waals surface area contributed by atoms with Gasteiger partial charge in [0.2, 0.25) is 24.5 Å². The molecule has 2 aromatic carbocycles. The highest BCUT2D eigenvalue weighted by Gasteiger charge is 2.35. The summed E-state index contributed by atoms with van der Waals surface area (Å²) in [5.41, 5.74) is 1.14. The first kappa shape index (κ1) is 28.9. The molecule has 1 aliphatic carbocycles. The highest BCUT2D eigenvalue weighted by Crippen LogP contribution is 2.39. The maximum Gasteiger partial charge on any atom is 0.248 e. The number of carbonyl (C=O) groups excluding carboxylic acids is 3. The van der Waals surface area contributed by atoms with Gasteiger partial charge in [0.05, 0.1) is 7.11 Å². The molecule has 0 radical (unpaired) electrons. The molecule has 1 saturated carbocycles. The summed E-state index contributed by atoms with van der Waals surface area (Å²) in [4.78, 5) is 46.2. The zero-order chi connectivity index (χ0) is 29.3. The monoisotopic (exact) mass is 572 g/mol. The summed E-state index contributed by atoms with van der Waals surface area (Å²) in [6.07, 6.45) is 7.15. The molecular weight excluding hydrogens is 536 g/mol. The van der Waals surface area contributed by atoms with E-state index in [-0.39, 0.29) is 49.8 Å². The van der Waals surface area contributed by atoms with Crippen molar-refractivity contribution in [2.24, 2.45) is 0 Å². The third-order valence-electron chi connectivity index (χ3n) is 7.52. The van der Waals surface area contributed by atoms with Crippen molar-refractivity contribution in [1.82, 2.24) is 10.3 Å². The Labute approximate surface area is 245 Å². The van der Waals surface area contributed by atoms with Gasteiger partial charge in [-0.15, -0.1) is 0 Å². The summed E-state index contributed by atoms with van der Waals surface area (Å²) < 4.78 is 16.4. The molecule has 10 nitrogen and oxygen atoms in total. The molecule has 1 fully saturated rings. The van der Waals surface area contributed by atoms with Gasteiger partial charge in [-0.1, -0.05) is 37.5 Å². The van der Waals surface area contributed by atoms with Gasteiger partial charge < -0.3 is 24.8 Å². The summed E-state index contributed by atoms with van der Waals surface area (Å²) in [6, 6.07) is 16.7. The minimum Gasteiger partial charge on any atom is -0.497 e. The van der Waals surface area contributed by atoms with E-state index in [1.54, 1.807) is 74.0 Å². The molecule has 220 valence electrons. The van der Waals surface area contributed by atoms with Crippen molar-refractivity contribution in [1.29, 1.82) is 0 Å². The number of hydrogen-bond donors (Lipinski definition) is 2. The Morgan fingerprint density at radius 1 is 0.976 bits per heavy atom. The molecule has 0 bridgehead atoms. The Morgan fingerprint density at radius 3 is 2.50 bits per heavy atom. The van der Waals surface area contributed by atoms with Crippen LogP contribution in [-0.2, 0) is 14.4 Å². The van der Waals surface area contributed by atoms with Gasteiger partial charge >= 0.3 is 0 Å². The molecule has 2 N–H and O–H groups in total. The van der Waals surface area contributed by atoms with Crippen molar-refractivity contribution in [2.45, 2.75) is 63.5 Å². The number of rotatable bonds is 11. The van der Waals surface area contributed by atoms with Crippen LogP contribution in [-0.4, -0.2) is 42.7 Å². The average molecular weight is 573 g/mol. The number of pyridine rings is 1. The van der Waals surface area contributed by atoms with Crippen LogP contribution in [0.4, 0.5) is 11.5 Å². The number of hydrogen-bond acceptors (Lipinski definition) is 7. The second-order valence-corrected chi connectivity index (χ2v) is 10.4. The number of benzene rings is 2. The van der Waals surface area contributed by atoms with Crippen LogP contribution in [0.25, 0.3) is 0 Å². The number of nitrogens with one attached hydrogen (secondary N) is 2. The minimum atomic E-state index is -0.951. The van der Waals surface area contributed by atoms with E-state index in [1.807, 2.05) is 0 Å². The Kier molecular flexibility index (Phi) is 9.53. The number of amides is 3. The highest BCUT2D eigenvalue weighted by molar-refractivity contribution is 6.02. The molecule has 5 rings (SSSR count). The van der Waals surface area contributed by atoms with E-state index in [4.69, 9.17) is 14.2 Å². The van der Waals surface area contributed by atoms with Gasteiger partial charge in [0.15, 0.2) is 11.5 Å². The molecule has 0 spiro atoms. The van der Waals surface area contributed by atoms with E-state index >= 15 is 0 Å². The van der Waals surface area contributed by atoms with E-state index in [2.05, 4.69) is 15.6 Å². The van der Waals surface area contributed by atoms with Crippen molar-refractivity contribution in [2.75, 3.05) is 24.1 Å². The first-order valence-electron chi connectivity index (χ1n) is 14.4. The molecular formula is C32H36N4O6. The molecule has 10 heteroatoms. The third-order valence-corrected chi connectivity index (χ3v) is 7.52. The normalized spacial score (nSPS) is 15.0. The zero-order valence-corrected chi connectivity index (χ0v) is 23.7. The number of fused-ring (bicyclic) bond motifs is 1. The van der Waals surface area contributed by atoms with Crippen LogP contribution in [0, 0.1) is 0 Å². The molecule has 2 aliphatic rings. The highest BCUT2D eigenvalue weighted by atomic mass is 16.7. The lowest BCUT2D eigenvalue weighted by atomic mass is 9.94. The third kappa shape index (κ3) is 7.18. The lowest BCUT2D eigenvalue weighted by molar-refractivity contribution is -0.127. The van der Waals surface area contributed by atoms with Crippen molar-refractivity contribution >= 4 is 29.2 Å². The van der Waals surface area contributed by atoms with E-state index in [0.29, 0.717) is 34.3 Å². The van der Waals surface area contributed by atoms with Crippen molar-refractivity contribution in [3.05, 3.63) is 72.4 Å². The van der Waals surface area contributed by atoms with Crippen molar-refractivity contribution in [3.8, 4) is 17.2 Å². The molecule has 1 aliphatic heterocycles. The molecule has 1 aromatic heterocycles. The SMILES string of the molecule is COc1ccc([C@H](C(=O)NC2CCCCC2)N(C(=O)CCCC(=O)Nc2ccccn2)c2ccc3c(c2)OCO3)cc1. The van der Waals surface area contributed by atoms with Crippen LogP contribution in [0.15, 0.2) is 66.9 Å². The predicted octanol–water partition coefficient (Wildman–Crippen LogP) is 5.15. The van der Waals surface area contributed by atoms with Gasteiger partial charge in [0, 0.05) is 36.8 Å². The Balaban J connectivity index is 1.41. The van der Waals surface area contributed by atoms with Crippen LogP contribution < -0.4 is 29.7 Å². The Bertz CT molecular complexity index is 1380. The number of aromatic nitrogens is 1. The lowest BCUT2D eigenvalue weighted by Gasteiger charge is -2.33. The molecule has 3 amide bonds. The fraction of sp³-hybridized carbons (Fsp3) is 0.375. The van der Waals surface area contributed by atoms with Gasteiger partial charge in [-0.2, -0.15) is 0 Å². The number of ether oxygens (including phenoxy) is 3. The fourth-order valence-corrected chi connectivity index (χ4v) is 5.37. The molecule has 0 saturated heterocycles. The minimum absolute atomic E-state index is 0.0491. The summed E-state index contributed by atoms with van der Waals surface area (Å²) in [5, 5.41) is 5.96. The quantitative estimate of drug-likeness (QED) is 0.326. The number of nitrogens with zero attached hydrogens (tertiary/aromatic N) is 2. The Hall–Kier alpha value is -4.60. The van der Waals surface area contributed by atoms with Gasteiger partial charge in [-0.3, -0.25) is 19.3 Å². The molecule has 2 heterocycles. The maximum absolute atomic E-state index is 14.0. The van der Waals surface area contributed by atoms with Gasteiger partial charge in [0.25, 0.3) is 0 Å². The second-order valence-electron chi connectivity index (χ2n) is 10.4. The number of methoxy groups -OCH3 is 1. The number of carbonyl (C=O) groups is 3. The van der Waals surface area contributed by atoms with E-state index in [0.717, 1.165) is 32.1 Å². The first-order chi connectivity index (χ1) is 20.5. The predicted molar refractivity (Wildman–Crippen MR) is 158 cm³/mol. The summed E-state index contributed by atoms with van der Waals surface area (Å²) in [7, 11) is 1.58. The maximum atomic E-state index is 14.0. The van der Waals surface area contributed by atoms with Gasteiger partial charge in [-0.25, -0.2) is 4.98 Å². The van der Waals surface area contributed by atoms with Crippen LogP contribution in [0.1, 0.15) is 63.0 Å². The van der Waals surface area contributed by atoms with E-state index < -0.39 is 6.04 Å². The van der Waals surface area contributed by atoms with Crippen molar-refractivity contribution in [3.63, 3.8) is 0 Å². The second kappa shape index (κ2) is 13.8. The van der Waals surface area contributed by atoms with Crippen LogP contribution in [0.5, 0.6) is 17.2 Å². The zero-order valence-electron chi connectivity index (χ0n) is 23.7. The van der Waals surface area contributed by atoms with E-state index in [1.165, 1.54) is 4.90 Å². The van der Waals surface area contributed by atoms with Crippen LogP contribution in [0.3, 0.4) is 0 Å². The van der Waals surface area contributed by atoms with E-state index in [9.17, 15) is 14.4 Å². The molecule has 42 heavy (non-hydrogen) atoms. The van der Waals surface area contributed by atoms with Crippen molar-refractivity contribution < 1.29 is 28.6 Å². The lowest BCUT2D eigenvalue weighted by Crippen LogP contribution is -2.47. The summed E-state index contributed by atoms with van der Waals surface area (Å²) >= 11 is 0. The fourth-order valence-electron chi connectivity index (χ4n) is 5.37. The average Bonchev–Trinajstić information content (AvgIpc) is 3.49. The molecule has 0 unspecified atom stereocenters. The molecule has 1 atom stereocenters. The van der Waals surface area contributed by atoms with Gasteiger partial charge in [0.1, 0.15) is 17.6 Å². The molecule has 3 aromatic rings. The number of anilines is 2. The first-order valence-corrected chi connectivity index (χ1v) is 14.4. The summed E-state index contributed by atoms with van der Waals surface area (Å²) in [5.74, 6) is 1.38. The van der Waals surface area contributed by atoms with Crippen LogP contribution >= 0.6 is 0 Å². The van der Waals surface area contributed by atoms with Crippen LogP contribution in [0.2, 0.25) is 0 Å². The largest absolute Gasteiger partial charge is 0.497 e. The van der Waals surface area contributed by atoms with Gasteiger partial charge in [-0.05, 0) is 61.2 Å². The summed E-state index contributed by atoms with van der Waals surface area (Å²) in [6.45, 7) is 0.0855.